The number of hydrogen-bond acceptors (Lipinski definition) is 9. The molecule has 0 radical (unpaired) electrons. The van der Waals surface area contributed by atoms with Crippen LogP contribution >= 0.6 is 22.6 Å². The van der Waals surface area contributed by atoms with Crippen molar-refractivity contribution in [1.82, 2.24) is 4.90 Å². The van der Waals surface area contributed by atoms with E-state index in [0.29, 0.717) is 5.75 Å². The van der Waals surface area contributed by atoms with Crippen molar-refractivity contribution in [2.45, 2.75) is 25.2 Å². The van der Waals surface area contributed by atoms with Crippen molar-refractivity contribution in [3.05, 3.63) is 34.4 Å². The van der Waals surface area contributed by atoms with E-state index < -0.39 is 19.2 Å². The lowest BCUT2D eigenvalue weighted by molar-refractivity contribution is -0.384. The zero-order valence-corrected chi connectivity index (χ0v) is 19.0. The highest BCUT2D eigenvalue weighted by atomic mass is 33.1. The van der Waals surface area contributed by atoms with E-state index in [4.69, 9.17) is 4.74 Å². The summed E-state index contributed by atoms with van der Waals surface area (Å²) in [5, 5.41) is 10.7. The predicted molar refractivity (Wildman–Crippen MR) is 116 cm³/mol. The highest BCUT2D eigenvalue weighted by Gasteiger charge is 2.28. The molecule has 11 heteroatoms. The van der Waals surface area contributed by atoms with Crippen LogP contribution in [0, 0.1) is 15.5 Å². The van der Waals surface area contributed by atoms with Crippen molar-refractivity contribution in [3.8, 4) is 0 Å². The van der Waals surface area contributed by atoms with Gasteiger partial charge in [-0.3, -0.25) is 19.8 Å². The fourth-order valence-electron chi connectivity index (χ4n) is 2.64. The lowest BCUT2D eigenvalue weighted by Gasteiger charge is -2.30. The Morgan fingerprint density at radius 3 is 2.41 bits per heavy atom. The van der Waals surface area contributed by atoms with Crippen LogP contribution in [-0.2, 0) is 18.4 Å². The molecule has 8 nitrogen and oxygen atoms in total. The number of hydrogen-bond donors (Lipinski definition) is 0. The maximum atomic E-state index is 12.5. The second-order valence-corrected chi connectivity index (χ2v) is 12.4. The third-order valence-electron chi connectivity index (χ3n) is 4.60. The SMILES string of the molecule is CC(C)(CCN1CCOCC1)C(=O)SCCSS(=O)(=O)c1ccc([N+](=O)[O-])cc1. The first-order valence-electron chi connectivity index (χ1n) is 9.23. The number of carbonyl (C=O) groups excluding carboxylic acids is 1. The zero-order chi connectivity index (χ0) is 21.5. The van der Waals surface area contributed by atoms with Gasteiger partial charge in [0.25, 0.3) is 5.69 Å². The molecule has 0 unspecified atom stereocenters. The number of thioether (sulfide) groups is 1. The summed E-state index contributed by atoms with van der Waals surface area (Å²) in [6, 6.07) is 4.80. The molecule has 1 aromatic carbocycles. The number of nitrogens with zero attached hydrogens (tertiary/aromatic N) is 2. The van der Waals surface area contributed by atoms with Crippen molar-refractivity contribution in [2.75, 3.05) is 44.4 Å². The molecule has 0 saturated carbocycles. The molecule has 0 aliphatic carbocycles. The van der Waals surface area contributed by atoms with Crippen LogP contribution in [0.2, 0.25) is 0 Å². The Kier molecular flexibility index (Phi) is 8.95. The molecular formula is C18H26N2O6S3. The Balaban J connectivity index is 1.76. The minimum absolute atomic E-state index is 0.0234. The van der Waals surface area contributed by atoms with Crippen LogP contribution in [0.4, 0.5) is 5.69 Å². The third-order valence-corrected chi connectivity index (χ3v) is 9.62. The number of rotatable bonds is 10. The van der Waals surface area contributed by atoms with Crippen LogP contribution in [0.5, 0.6) is 0 Å². The fraction of sp³-hybridized carbons (Fsp3) is 0.611. The maximum absolute atomic E-state index is 12.5. The second-order valence-electron chi connectivity index (χ2n) is 7.25. The molecule has 162 valence electrons. The van der Waals surface area contributed by atoms with E-state index in [2.05, 4.69) is 4.90 Å². The molecule has 0 bridgehead atoms. The lowest BCUT2D eigenvalue weighted by Crippen LogP contribution is -2.39. The summed E-state index contributed by atoms with van der Waals surface area (Å²) in [5.41, 5.74) is -0.639. The molecule has 29 heavy (non-hydrogen) atoms. The van der Waals surface area contributed by atoms with Gasteiger partial charge in [-0.25, -0.2) is 8.42 Å². The Morgan fingerprint density at radius 1 is 1.21 bits per heavy atom. The van der Waals surface area contributed by atoms with Gasteiger partial charge in [0.05, 0.1) is 23.0 Å². The quantitative estimate of drug-likeness (QED) is 0.224. The van der Waals surface area contributed by atoms with Crippen molar-refractivity contribution >= 4 is 42.2 Å². The number of carbonyl (C=O) groups is 1. The van der Waals surface area contributed by atoms with Crippen molar-refractivity contribution in [1.29, 1.82) is 0 Å². The Morgan fingerprint density at radius 2 is 1.83 bits per heavy atom. The van der Waals surface area contributed by atoms with Crippen LogP contribution < -0.4 is 0 Å². The minimum atomic E-state index is -3.61. The van der Waals surface area contributed by atoms with Crippen molar-refractivity contribution in [3.63, 3.8) is 0 Å². The topological polar surface area (TPSA) is 107 Å². The van der Waals surface area contributed by atoms with Gasteiger partial charge in [0.2, 0.25) is 8.87 Å². The fourth-order valence-corrected chi connectivity index (χ4v) is 6.76. The molecule has 1 fully saturated rings. The second kappa shape index (κ2) is 10.8. The average Bonchev–Trinajstić information content (AvgIpc) is 2.70. The van der Waals surface area contributed by atoms with Gasteiger partial charge in [0.15, 0.2) is 5.12 Å². The predicted octanol–water partition coefficient (Wildman–Crippen LogP) is 3.03. The van der Waals surface area contributed by atoms with E-state index in [1.807, 2.05) is 13.8 Å². The van der Waals surface area contributed by atoms with E-state index in [9.17, 15) is 23.3 Å². The highest BCUT2D eigenvalue weighted by molar-refractivity contribution is 8.72. The van der Waals surface area contributed by atoms with Gasteiger partial charge in [0.1, 0.15) is 0 Å². The van der Waals surface area contributed by atoms with Gasteiger partial charge in [-0.1, -0.05) is 25.6 Å². The molecule has 0 spiro atoms. The van der Waals surface area contributed by atoms with Crippen LogP contribution in [0.3, 0.4) is 0 Å². The summed E-state index contributed by atoms with van der Waals surface area (Å²) >= 11 is 1.16. The Bertz CT molecular complexity index is 805. The summed E-state index contributed by atoms with van der Waals surface area (Å²) in [7, 11) is -2.87. The van der Waals surface area contributed by atoms with Crippen LogP contribution in [0.15, 0.2) is 29.2 Å². The van der Waals surface area contributed by atoms with Crippen molar-refractivity contribution < 1.29 is 22.9 Å². The van der Waals surface area contributed by atoms with Gasteiger partial charge in [0, 0.05) is 42.1 Å². The van der Waals surface area contributed by atoms with Crippen LogP contribution in [0.25, 0.3) is 0 Å². The summed E-state index contributed by atoms with van der Waals surface area (Å²) in [6.07, 6.45) is 0.743. The first-order valence-corrected chi connectivity index (χ1v) is 13.2. The third kappa shape index (κ3) is 7.56. The minimum Gasteiger partial charge on any atom is -0.379 e. The van der Waals surface area contributed by atoms with E-state index in [-0.39, 0.29) is 21.5 Å². The Hall–Kier alpha value is -1.14. The first-order chi connectivity index (χ1) is 13.6. The van der Waals surface area contributed by atoms with Crippen LogP contribution in [-0.4, -0.2) is 67.7 Å². The summed E-state index contributed by atoms with van der Waals surface area (Å²) in [6.45, 7) is 7.90. The van der Waals surface area contributed by atoms with Gasteiger partial charge < -0.3 is 4.74 Å². The maximum Gasteiger partial charge on any atom is 0.269 e. The van der Waals surface area contributed by atoms with Gasteiger partial charge >= 0.3 is 0 Å². The molecule has 1 aliphatic rings. The van der Waals surface area contributed by atoms with Crippen molar-refractivity contribution in [2.24, 2.45) is 5.41 Å². The molecule has 1 aromatic rings. The number of nitro benzene ring substituents is 1. The number of non-ortho nitro benzene ring substituents is 1. The lowest BCUT2D eigenvalue weighted by atomic mass is 9.91. The molecule has 0 N–H and O–H groups in total. The zero-order valence-electron chi connectivity index (χ0n) is 16.5. The molecule has 1 aliphatic heterocycles. The monoisotopic (exact) mass is 462 g/mol. The number of ether oxygens (including phenoxy) is 1. The Labute approximate surface area is 179 Å². The number of nitro groups is 1. The van der Waals surface area contributed by atoms with E-state index in [0.717, 1.165) is 61.8 Å². The number of morpholine rings is 1. The summed E-state index contributed by atoms with van der Waals surface area (Å²) < 4.78 is 30.0. The van der Waals surface area contributed by atoms with Gasteiger partial charge in [-0.15, -0.1) is 0 Å². The molecule has 0 amide bonds. The molecule has 1 heterocycles. The van der Waals surface area contributed by atoms with E-state index >= 15 is 0 Å². The highest BCUT2D eigenvalue weighted by Crippen LogP contribution is 2.30. The van der Waals surface area contributed by atoms with E-state index in [1.165, 1.54) is 24.3 Å². The average molecular weight is 463 g/mol. The van der Waals surface area contributed by atoms with E-state index in [1.54, 1.807) is 0 Å². The standard InChI is InChI=1S/C18H26N2O6S3/c1-18(2,7-8-19-9-11-26-12-10-19)17(21)27-13-14-28-29(24,25)16-5-3-15(4-6-16)20(22)23/h3-6H,7-14H2,1-2H3. The molecule has 0 aromatic heterocycles. The molecular weight excluding hydrogens is 436 g/mol. The first kappa shape index (κ1) is 24.1. The summed E-state index contributed by atoms with van der Waals surface area (Å²) in [4.78, 5) is 24.9. The summed E-state index contributed by atoms with van der Waals surface area (Å²) in [5.74, 6) is 0.645. The van der Waals surface area contributed by atoms with Gasteiger partial charge in [-0.05, 0) is 35.9 Å². The van der Waals surface area contributed by atoms with Gasteiger partial charge in [-0.2, -0.15) is 0 Å². The van der Waals surface area contributed by atoms with Crippen LogP contribution in [0.1, 0.15) is 20.3 Å². The largest absolute Gasteiger partial charge is 0.379 e. The normalized spacial score (nSPS) is 15.9. The number of benzene rings is 1. The molecule has 1 saturated heterocycles. The molecule has 2 rings (SSSR count). The smallest absolute Gasteiger partial charge is 0.269 e. The molecule has 0 atom stereocenters.